The second-order valence-corrected chi connectivity index (χ2v) is 4.25. The molecule has 0 spiro atoms. The van der Waals surface area contributed by atoms with Crippen LogP contribution in [0.3, 0.4) is 0 Å². The monoisotopic (exact) mass is 287 g/mol. The van der Waals surface area contributed by atoms with Gasteiger partial charge in [0.1, 0.15) is 5.75 Å². The molecule has 0 heterocycles. The molecule has 1 rings (SSSR count). The molecule has 0 aliphatic carbocycles. The molecule has 2 atom stereocenters. The molecular formula is C12H14ClNO5. The van der Waals surface area contributed by atoms with E-state index in [0.29, 0.717) is 10.8 Å². The number of halogens is 1. The van der Waals surface area contributed by atoms with Crippen molar-refractivity contribution in [3.05, 3.63) is 29.3 Å². The van der Waals surface area contributed by atoms with Gasteiger partial charge in [-0.25, -0.2) is 4.79 Å². The first-order chi connectivity index (χ1) is 8.90. The Morgan fingerprint density at radius 1 is 1.47 bits per heavy atom. The lowest BCUT2D eigenvalue weighted by atomic mass is 10.3. The summed E-state index contributed by atoms with van der Waals surface area (Å²) in [5.41, 5.74) is 0. The number of benzene rings is 1. The summed E-state index contributed by atoms with van der Waals surface area (Å²) in [4.78, 5) is 21.9. The number of carboxylic acid groups (broad SMARTS) is 1. The van der Waals surface area contributed by atoms with Crippen molar-refractivity contribution in [2.45, 2.75) is 19.1 Å². The molecule has 2 unspecified atom stereocenters. The molecule has 1 aromatic rings. The molecule has 1 amide bonds. The van der Waals surface area contributed by atoms with E-state index >= 15 is 0 Å². The number of nitrogens with one attached hydrogen (secondary N) is 1. The van der Waals surface area contributed by atoms with Gasteiger partial charge in [0.15, 0.2) is 12.2 Å². The predicted octanol–water partition coefficient (Wildman–Crippen LogP) is 0.669. The van der Waals surface area contributed by atoms with Gasteiger partial charge < -0.3 is 20.3 Å². The van der Waals surface area contributed by atoms with Crippen LogP contribution in [0.25, 0.3) is 0 Å². The van der Waals surface area contributed by atoms with E-state index < -0.39 is 24.1 Å². The fourth-order valence-electron chi connectivity index (χ4n) is 1.23. The van der Waals surface area contributed by atoms with Gasteiger partial charge in [-0.2, -0.15) is 0 Å². The van der Waals surface area contributed by atoms with E-state index in [0.717, 1.165) is 0 Å². The van der Waals surface area contributed by atoms with Crippen LogP contribution in [0.2, 0.25) is 5.02 Å². The first-order valence-corrected chi connectivity index (χ1v) is 5.88. The van der Waals surface area contributed by atoms with Crippen molar-refractivity contribution in [1.29, 1.82) is 0 Å². The number of carbonyl (C=O) groups excluding carboxylic acids is 1. The first-order valence-electron chi connectivity index (χ1n) is 5.51. The quantitative estimate of drug-likeness (QED) is 0.715. The largest absolute Gasteiger partial charge is 0.481 e. The maximum absolute atomic E-state index is 11.6. The number of rotatable bonds is 6. The summed E-state index contributed by atoms with van der Waals surface area (Å²) in [6.45, 7) is 1.13. The summed E-state index contributed by atoms with van der Waals surface area (Å²) >= 11 is 5.77. The van der Waals surface area contributed by atoms with E-state index in [-0.39, 0.29) is 6.54 Å². The Kier molecular flexibility index (Phi) is 5.59. The number of hydrogen-bond donors (Lipinski definition) is 3. The van der Waals surface area contributed by atoms with Crippen molar-refractivity contribution < 1.29 is 24.5 Å². The van der Waals surface area contributed by atoms with Crippen LogP contribution in [0.5, 0.6) is 5.75 Å². The number of aliphatic hydroxyl groups is 1. The van der Waals surface area contributed by atoms with Gasteiger partial charge in [0.25, 0.3) is 5.91 Å². The summed E-state index contributed by atoms with van der Waals surface area (Å²) in [6, 6.07) is 6.54. The second-order valence-electron chi connectivity index (χ2n) is 3.82. The molecule has 104 valence electrons. The Bertz CT molecular complexity index is 465. The fraction of sp³-hybridized carbons (Fsp3) is 0.333. The normalized spacial score (nSPS) is 13.4. The highest BCUT2D eigenvalue weighted by molar-refractivity contribution is 6.30. The number of carbonyl (C=O) groups is 2. The first kappa shape index (κ1) is 15.3. The van der Waals surface area contributed by atoms with Crippen LogP contribution >= 0.6 is 11.6 Å². The van der Waals surface area contributed by atoms with Crippen molar-refractivity contribution in [2.75, 3.05) is 6.54 Å². The van der Waals surface area contributed by atoms with Crippen molar-refractivity contribution in [1.82, 2.24) is 5.32 Å². The highest BCUT2D eigenvalue weighted by atomic mass is 35.5. The molecule has 0 saturated carbocycles. The molecule has 6 nitrogen and oxygen atoms in total. The Morgan fingerprint density at radius 3 is 2.74 bits per heavy atom. The molecular weight excluding hydrogens is 274 g/mol. The molecule has 3 N–H and O–H groups in total. The molecule has 0 bridgehead atoms. The van der Waals surface area contributed by atoms with Gasteiger partial charge in [0, 0.05) is 5.02 Å². The van der Waals surface area contributed by atoms with E-state index in [4.69, 9.17) is 26.6 Å². The zero-order valence-electron chi connectivity index (χ0n) is 10.2. The van der Waals surface area contributed by atoms with Crippen LogP contribution < -0.4 is 10.1 Å². The molecule has 0 aliphatic heterocycles. The van der Waals surface area contributed by atoms with Crippen LogP contribution in [0, 0.1) is 0 Å². The molecule has 19 heavy (non-hydrogen) atoms. The van der Waals surface area contributed by atoms with Crippen molar-refractivity contribution in [3.63, 3.8) is 0 Å². The second kappa shape index (κ2) is 6.96. The fourth-order valence-corrected chi connectivity index (χ4v) is 1.41. The summed E-state index contributed by atoms with van der Waals surface area (Å²) in [5, 5.41) is 20.2. The lowest BCUT2D eigenvalue weighted by Crippen LogP contribution is -2.42. The maximum atomic E-state index is 11.6. The Balaban J connectivity index is 2.47. The van der Waals surface area contributed by atoms with E-state index in [1.165, 1.54) is 6.92 Å². The summed E-state index contributed by atoms with van der Waals surface area (Å²) in [5.74, 6) is -1.50. The van der Waals surface area contributed by atoms with E-state index in [1.54, 1.807) is 24.3 Å². The van der Waals surface area contributed by atoms with Gasteiger partial charge in [-0.15, -0.1) is 0 Å². The van der Waals surface area contributed by atoms with Crippen LogP contribution in [0.15, 0.2) is 24.3 Å². The SMILES string of the molecule is CC(Oc1cccc(Cl)c1)C(=O)NCC(O)C(=O)O. The Labute approximate surface area is 114 Å². The third kappa shape index (κ3) is 5.15. The number of hydrogen-bond acceptors (Lipinski definition) is 4. The molecule has 0 radical (unpaired) electrons. The third-order valence-corrected chi connectivity index (χ3v) is 2.47. The average Bonchev–Trinajstić information content (AvgIpc) is 2.35. The minimum absolute atomic E-state index is 0.378. The lowest BCUT2D eigenvalue weighted by molar-refractivity contribution is -0.146. The van der Waals surface area contributed by atoms with Crippen molar-refractivity contribution >= 4 is 23.5 Å². The van der Waals surface area contributed by atoms with Gasteiger partial charge in [-0.1, -0.05) is 17.7 Å². The number of amides is 1. The minimum Gasteiger partial charge on any atom is -0.481 e. The topological polar surface area (TPSA) is 95.9 Å². The number of aliphatic carboxylic acids is 1. The Morgan fingerprint density at radius 2 is 2.16 bits per heavy atom. The third-order valence-electron chi connectivity index (χ3n) is 2.23. The van der Waals surface area contributed by atoms with Crippen LogP contribution in [0.1, 0.15) is 6.92 Å². The van der Waals surface area contributed by atoms with Gasteiger partial charge in [0.05, 0.1) is 6.54 Å². The zero-order valence-corrected chi connectivity index (χ0v) is 10.9. The molecule has 0 saturated heterocycles. The molecule has 1 aromatic carbocycles. The van der Waals surface area contributed by atoms with Gasteiger partial charge in [0.2, 0.25) is 0 Å². The van der Waals surface area contributed by atoms with Crippen molar-refractivity contribution in [2.24, 2.45) is 0 Å². The molecule has 0 aromatic heterocycles. The van der Waals surface area contributed by atoms with E-state index in [9.17, 15) is 9.59 Å². The lowest BCUT2D eigenvalue weighted by Gasteiger charge is -2.15. The molecule has 7 heteroatoms. The van der Waals surface area contributed by atoms with Crippen LogP contribution in [0.4, 0.5) is 0 Å². The zero-order chi connectivity index (χ0) is 14.4. The standard InChI is InChI=1S/C12H14ClNO5/c1-7(11(16)14-6-10(15)12(17)18)19-9-4-2-3-8(13)5-9/h2-5,7,10,15H,6H2,1H3,(H,14,16)(H,17,18). The highest BCUT2D eigenvalue weighted by Crippen LogP contribution is 2.18. The summed E-state index contributed by atoms with van der Waals surface area (Å²) < 4.78 is 5.32. The number of aliphatic hydroxyl groups excluding tert-OH is 1. The summed E-state index contributed by atoms with van der Waals surface area (Å²) in [7, 11) is 0. The Hall–Kier alpha value is -1.79. The van der Waals surface area contributed by atoms with Gasteiger partial charge >= 0.3 is 5.97 Å². The van der Waals surface area contributed by atoms with E-state index in [1.807, 2.05) is 0 Å². The number of ether oxygens (including phenoxy) is 1. The average molecular weight is 288 g/mol. The molecule has 0 fully saturated rings. The smallest absolute Gasteiger partial charge is 0.334 e. The summed E-state index contributed by atoms with van der Waals surface area (Å²) in [6.07, 6.45) is -2.47. The maximum Gasteiger partial charge on any atom is 0.334 e. The minimum atomic E-state index is -1.64. The highest BCUT2D eigenvalue weighted by Gasteiger charge is 2.18. The predicted molar refractivity (Wildman–Crippen MR) is 68.2 cm³/mol. The van der Waals surface area contributed by atoms with Crippen LogP contribution in [-0.2, 0) is 9.59 Å². The molecule has 0 aliphatic rings. The van der Waals surface area contributed by atoms with Gasteiger partial charge in [-0.3, -0.25) is 4.79 Å². The van der Waals surface area contributed by atoms with Crippen LogP contribution in [-0.4, -0.2) is 40.8 Å². The van der Waals surface area contributed by atoms with Gasteiger partial charge in [-0.05, 0) is 25.1 Å². The number of carboxylic acids is 1. The van der Waals surface area contributed by atoms with Crippen molar-refractivity contribution in [3.8, 4) is 5.75 Å². The van der Waals surface area contributed by atoms with E-state index in [2.05, 4.69) is 5.32 Å².